The van der Waals surface area contributed by atoms with E-state index in [0.29, 0.717) is 11.5 Å². The molecule has 4 nitrogen and oxygen atoms in total. The molecule has 2 aromatic heterocycles. The molecule has 0 saturated carbocycles. The third kappa shape index (κ3) is 1.46. The van der Waals surface area contributed by atoms with Crippen molar-refractivity contribution < 1.29 is 0 Å². The summed E-state index contributed by atoms with van der Waals surface area (Å²) in [6.45, 7) is 3.89. The predicted octanol–water partition coefficient (Wildman–Crippen LogP) is 1.47. The van der Waals surface area contributed by atoms with Gasteiger partial charge in [-0.25, -0.2) is 9.67 Å². The Labute approximate surface area is 82.4 Å². The topological polar surface area (TPSA) is 56.7 Å². The van der Waals surface area contributed by atoms with E-state index >= 15 is 0 Å². The van der Waals surface area contributed by atoms with Crippen LogP contribution in [-0.2, 0) is 0 Å². The van der Waals surface area contributed by atoms with Gasteiger partial charge in [0.1, 0.15) is 0 Å². The average Bonchev–Trinajstić information content (AvgIpc) is 2.51. The molecule has 0 unspecified atom stereocenters. The van der Waals surface area contributed by atoms with Crippen LogP contribution in [0.15, 0.2) is 24.5 Å². The second-order valence-electron chi connectivity index (χ2n) is 3.33. The number of nitrogens with zero attached hydrogens (tertiary/aromatic N) is 3. The maximum absolute atomic E-state index is 5.84. The van der Waals surface area contributed by atoms with E-state index in [1.54, 1.807) is 10.9 Å². The second kappa shape index (κ2) is 3.14. The fourth-order valence-corrected chi connectivity index (χ4v) is 1.31. The van der Waals surface area contributed by atoms with E-state index in [1.165, 1.54) is 0 Å². The highest BCUT2D eigenvalue weighted by atomic mass is 15.3. The number of hydrogen-bond acceptors (Lipinski definition) is 3. The molecule has 0 spiro atoms. The number of aryl methyl sites for hydroxylation is 2. The van der Waals surface area contributed by atoms with Gasteiger partial charge in [0.15, 0.2) is 5.82 Å². The summed E-state index contributed by atoms with van der Waals surface area (Å²) in [5.41, 5.74) is 8.49. The Hall–Kier alpha value is -1.84. The molecule has 0 bridgehead atoms. The largest absolute Gasteiger partial charge is 0.396 e. The number of nitrogen functional groups attached to an aromatic ring is 1. The van der Waals surface area contributed by atoms with Crippen molar-refractivity contribution in [2.75, 3.05) is 5.73 Å². The van der Waals surface area contributed by atoms with E-state index in [4.69, 9.17) is 5.73 Å². The van der Waals surface area contributed by atoms with Crippen LogP contribution in [0.3, 0.4) is 0 Å². The van der Waals surface area contributed by atoms with Crippen molar-refractivity contribution in [1.82, 2.24) is 14.8 Å². The van der Waals surface area contributed by atoms with Crippen LogP contribution in [0.5, 0.6) is 0 Å². The Kier molecular flexibility index (Phi) is 1.96. The standard InChI is InChI=1S/C10H12N4/c1-7-5-9(11)10(12-6-7)14-4-3-8(2)13-14/h3-6H,11H2,1-2H3. The summed E-state index contributed by atoms with van der Waals surface area (Å²) in [5, 5.41) is 4.25. The maximum Gasteiger partial charge on any atom is 0.176 e. The molecule has 2 aromatic rings. The van der Waals surface area contributed by atoms with Crippen LogP contribution in [0.1, 0.15) is 11.3 Å². The Morgan fingerprint density at radius 2 is 2.14 bits per heavy atom. The lowest BCUT2D eigenvalue weighted by molar-refractivity contribution is 0.834. The van der Waals surface area contributed by atoms with Crippen molar-refractivity contribution in [3.8, 4) is 5.82 Å². The van der Waals surface area contributed by atoms with Gasteiger partial charge in [-0.05, 0) is 31.5 Å². The molecular weight excluding hydrogens is 176 g/mol. The quantitative estimate of drug-likeness (QED) is 0.737. The molecular formula is C10H12N4. The number of rotatable bonds is 1. The van der Waals surface area contributed by atoms with Crippen LogP contribution in [-0.4, -0.2) is 14.8 Å². The normalized spacial score (nSPS) is 10.4. The summed E-state index contributed by atoms with van der Waals surface area (Å²) in [6, 6.07) is 3.81. The third-order valence-corrected chi connectivity index (χ3v) is 1.97. The van der Waals surface area contributed by atoms with Gasteiger partial charge in [-0.15, -0.1) is 0 Å². The second-order valence-corrected chi connectivity index (χ2v) is 3.33. The van der Waals surface area contributed by atoms with Crippen LogP contribution in [0.2, 0.25) is 0 Å². The lowest BCUT2D eigenvalue weighted by Crippen LogP contribution is -2.03. The molecule has 0 fully saturated rings. The zero-order chi connectivity index (χ0) is 10.1. The number of pyridine rings is 1. The summed E-state index contributed by atoms with van der Waals surface area (Å²) >= 11 is 0. The fraction of sp³-hybridized carbons (Fsp3) is 0.200. The van der Waals surface area contributed by atoms with Crippen molar-refractivity contribution in [3.63, 3.8) is 0 Å². The molecule has 72 valence electrons. The van der Waals surface area contributed by atoms with E-state index in [-0.39, 0.29) is 0 Å². The average molecular weight is 188 g/mol. The van der Waals surface area contributed by atoms with Crippen molar-refractivity contribution in [2.45, 2.75) is 13.8 Å². The molecule has 2 heterocycles. The van der Waals surface area contributed by atoms with Gasteiger partial charge in [0, 0.05) is 12.4 Å². The number of anilines is 1. The first-order valence-electron chi connectivity index (χ1n) is 4.41. The van der Waals surface area contributed by atoms with Crippen LogP contribution in [0.4, 0.5) is 5.69 Å². The maximum atomic E-state index is 5.84. The van der Waals surface area contributed by atoms with Crippen LogP contribution in [0, 0.1) is 13.8 Å². The Balaban J connectivity index is 2.52. The Morgan fingerprint density at radius 1 is 1.36 bits per heavy atom. The van der Waals surface area contributed by atoms with Gasteiger partial charge >= 0.3 is 0 Å². The summed E-state index contributed by atoms with van der Waals surface area (Å²) in [5.74, 6) is 0.684. The smallest absolute Gasteiger partial charge is 0.176 e. The zero-order valence-corrected chi connectivity index (χ0v) is 8.23. The third-order valence-electron chi connectivity index (χ3n) is 1.97. The first-order chi connectivity index (χ1) is 6.66. The minimum Gasteiger partial charge on any atom is -0.396 e. The van der Waals surface area contributed by atoms with E-state index in [2.05, 4.69) is 10.1 Å². The number of hydrogen-bond donors (Lipinski definition) is 1. The molecule has 14 heavy (non-hydrogen) atoms. The minimum atomic E-state index is 0.646. The van der Waals surface area contributed by atoms with Gasteiger partial charge in [-0.3, -0.25) is 0 Å². The summed E-state index contributed by atoms with van der Waals surface area (Å²) in [4.78, 5) is 4.24. The molecule has 0 amide bonds. The van der Waals surface area contributed by atoms with Gasteiger partial charge in [-0.2, -0.15) is 5.10 Å². The minimum absolute atomic E-state index is 0.646. The number of nitrogens with two attached hydrogens (primary N) is 1. The highest BCUT2D eigenvalue weighted by molar-refractivity contribution is 5.53. The summed E-state index contributed by atoms with van der Waals surface area (Å²) < 4.78 is 1.68. The molecule has 2 rings (SSSR count). The Morgan fingerprint density at radius 3 is 2.71 bits per heavy atom. The highest BCUT2D eigenvalue weighted by Gasteiger charge is 2.04. The van der Waals surface area contributed by atoms with Crippen LogP contribution in [0.25, 0.3) is 5.82 Å². The Bertz CT molecular complexity index is 459. The van der Waals surface area contributed by atoms with Gasteiger partial charge in [0.05, 0.1) is 11.4 Å². The SMILES string of the molecule is Cc1cnc(-n2ccc(C)n2)c(N)c1. The molecule has 4 heteroatoms. The van der Waals surface area contributed by atoms with Gasteiger partial charge in [-0.1, -0.05) is 0 Å². The van der Waals surface area contributed by atoms with Crippen molar-refractivity contribution in [1.29, 1.82) is 0 Å². The van der Waals surface area contributed by atoms with Gasteiger partial charge < -0.3 is 5.73 Å². The van der Waals surface area contributed by atoms with Crippen molar-refractivity contribution in [3.05, 3.63) is 35.8 Å². The highest BCUT2D eigenvalue weighted by Crippen LogP contribution is 2.14. The lowest BCUT2D eigenvalue weighted by Gasteiger charge is -2.04. The summed E-state index contributed by atoms with van der Waals surface area (Å²) in [7, 11) is 0. The predicted molar refractivity (Wildman–Crippen MR) is 55.2 cm³/mol. The van der Waals surface area contributed by atoms with Crippen molar-refractivity contribution in [2.24, 2.45) is 0 Å². The summed E-state index contributed by atoms with van der Waals surface area (Å²) in [6.07, 6.45) is 3.63. The van der Waals surface area contributed by atoms with E-state index in [1.807, 2.05) is 32.2 Å². The fourth-order valence-electron chi connectivity index (χ4n) is 1.31. The molecule has 0 saturated heterocycles. The molecule has 0 aliphatic heterocycles. The first-order valence-corrected chi connectivity index (χ1v) is 4.41. The molecule has 0 aliphatic rings. The van der Waals surface area contributed by atoms with E-state index < -0.39 is 0 Å². The van der Waals surface area contributed by atoms with E-state index in [0.717, 1.165) is 11.3 Å². The van der Waals surface area contributed by atoms with Crippen molar-refractivity contribution >= 4 is 5.69 Å². The molecule has 0 aromatic carbocycles. The van der Waals surface area contributed by atoms with Crippen LogP contribution >= 0.6 is 0 Å². The molecule has 0 aliphatic carbocycles. The van der Waals surface area contributed by atoms with Crippen LogP contribution < -0.4 is 5.73 Å². The van der Waals surface area contributed by atoms with Gasteiger partial charge in [0.2, 0.25) is 0 Å². The van der Waals surface area contributed by atoms with E-state index in [9.17, 15) is 0 Å². The molecule has 0 radical (unpaired) electrons. The zero-order valence-electron chi connectivity index (χ0n) is 8.23. The van der Waals surface area contributed by atoms with Gasteiger partial charge in [0.25, 0.3) is 0 Å². The molecule has 0 atom stereocenters. The molecule has 2 N–H and O–H groups in total. The monoisotopic (exact) mass is 188 g/mol. The first kappa shape index (κ1) is 8.74. The lowest BCUT2D eigenvalue weighted by atomic mass is 10.3. The number of aromatic nitrogens is 3.